The molecule has 0 aliphatic heterocycles. The molecule has 0 amide bonds. The SMILES string of the molecule is O=C(c1ccccc1)c1cccc([N+](=O)[O-])c1.[Bi]. The smallest absolute Gasteiger partial charge is 0.270 e. The van der Waals surface area contributed by atoms with E-state index < -0.39 is 4.92 Å². The van der Waals surface area contributed by atoms with Gasteiger partial charge >= 0.3 is 0 Å². The summed E-state index contributed by atoms with van der Waals surface area (Å²) in [6, 6.07) is 14.4. The molecule has 0 aliphatic carbocycles. The van der Waals surface area contributed by atoms with Gasteiger partial charge in [-0.15, -0.1) is 0 Å². The molecule has 0 saturated carbocycles. The van der Waals surface area contributed by atoms with Crippen LogP contribution in [-0.4, -0.2) is 36.9 Å². The number of rotatable bonds is 3. The first kappa shape index (κ1) is 14.5. The van der Waals surface area contributed by atoms with Crippen LogP contribution in [0.2, 0.25) is 0 Å². The summed E-state index contributed by atoms with van der Waals surface area (Å²) < 4.78 is 0. The third kappa shape index (κ3) is 3.20. The maximum atomic E-state index is 12.0. The fraction of sp³-hybridized carbons (Fsp3) is 0. The second kappa shape index (κ2) is 6.36. The zero-order valence-electron chi connectivity index (χ0n) is 9.32. The Morgan fingerprint density at radius 1 is 0.944 bits per heavy atom. The monoisotopic (exact) mass is 436 g/mol. The quantitative estimate of drug-likeness (QED) is 0.322. The summed E-state index contributed by atoms with van der Waals surface area (Å²) >= 11 is 0. The Kier molecular flexibility index (Phi) is 5.11. The number of ketones is 1. The molecule has 0 heterocycles. The van der Waals surface area contributed by atoms with E-state index in [1.165, 1.54) is 18.2 Å². The Morgan fingerprint density at radius 3 is 2.17 bits per heavy atom. The minimum atomic E-state index is -0.512. The molecule has 0 atom stereocenters. The fourth-order valence-electron chi connectivity index (χ4n) is 1.52. The minimum absolute atomic E-state index is 0. The molecule has 18 heavy (non-hydrogen) atoms. The topological polar surface area (TPSA) is 60.2 Å². The summed E-state index contributed by atoms with van der Waals surface area (Å²) in [5.74, 6) is -0.214. The summed E-state index contributed by atoms with van der Waals surface area (Å²) in [5.41, 5.74) is 0.769. The molecule has 0 N–H and O–H groups in total. The van der Waals surface area contributed by atoms with Crippen molar-refractivity contribution in [3.63, 3.8) is 0 Å². The van der Waals surface area contributed by atoms with Crippen LogP contribution >= 0.6 is 0 Å². The van der Waals surface area contributed by atoms with E-state index in [9.17, 15) is 14.9 Å². The van der Waals surface area contributed by atoms with Crippen molar-refractivity contribution in [1.29, 1.82) is 0 Å². The average Bonchev–Trinajstić information content (AvgIpc) is 2.39. The van der Waals surface area contributed by atoms with Gasteiger partial charge < -0.3 is 0 Å². The van der Waals surface area contributed by atoms with E-state index in [4.69, 9.17) is 0 Å². The van der Waals surface area contributed by atoms with E-state index in [1.54, 1.807) is 30.3 Å². The third-order valence-electron chi connectivity index (χ3n) is 2.36. The maximum Gasteiger partial charge on any atom is 0.270 e. The summed E-state index contributed by atoms with van der Waals surface area (Å²) in [4.78, 5) is 22.1. The molecule has 89 valence electrons. The van der Waals surface area contributed by atoms with Gasteiger partial charge in [-0.25, -0.2) is 0 Å². The molecule has 0 unspecified atom stereocenters. The van der Waals surface area contributed by atoms with E-state index in [0.717, 1.165) is 0 Å². The number of hydrogen-bond acceptors (Lipinski definition) is 3. The van der Waals surface area contributed by atoms with E-state index >= 15 is 0 Å². The van der Waals surface area contributed by atoms with Crippen LogP contribution < -0.4 is 0 Å². The van der Waals surface area contributed by atoms with Gasteiger partial charge in [0.25, 0.3) is 5.69 Å². The van der Waals surface area contributed by atoms with Crippen molar-refractivity contribution in [1.82, 2.24) is 0 Å². The summed E-state index contributed by atoms with van der Waals surface area (Å²) in [5, 5.41) is 10.6. The summed E-state index contributed by atoms with van der Waals surface area (Å²) in [7, 11) is 0. The number of nitrogens with zero attached hydrogens (tertiary/aromatic N) is 1. The van der Waals surface area contributed by atoms with Crippen molar-refractivity contribution in [2.24, 2.45) is 0 Å². The summed E-state index contributed by atoms with van der Waals surface area (Å²) in [6.45, 7) is 0. The standard InChI is InChI=1S/C13H9NO3.Bi/c15-13(10-5-2-1-3-6-10)11-7-4-8-12(9-11)14(16)17;/h1-9H;. The second-order valence-corrected chi connectivity index (χ2v) is 3.50. The molecular formula is C13H9BiNO3. The van der Waals surface area contributed by atoms with E-state index in [0.29, 0.717) is 11.1 Å². The third-order valence-corrected chi connectivity index (χ3v) is 2.36. The zero-order valence-corrected chi connectivity index (χ0v) is 12.8. The molecule has 3 radical (unpaired) electrons. The second-order valence-electron chi connectivity index (χ2n) is 3.50. The van der Waals surface area contributed by atoms with Crippen molar-refractivity contribution < 1.29 is 9.72 Å². The van der Waals surface area contributed by atoms with Crippen LogP contribution in [0.5, 0.6) is 0 Å². The Morgan fingerprint density at radius 2 is 1.56 bits per heavy atom. The number of non-ortho nitro benzene ring substituents is 1. The Balaban J connectivity index is 0.00000162. The number of hydrogen-bond donors (Lipinski definition) is 0. The van der Waals surface area contributed by atoms with Crippen molar-refractivity contribution in [3.8, 4) is 0 Å². The minimum Gasteiger partial charge on any atom is -0.289 e. The molecule has 0 spiro atoms. The van der Waals surface area contributed by atoms with Gasteiger partial charge in [0.15, 0.2) is 5.78 Å². The normalized spacial score (nSPS) is 9.33. The number of nitro benzene ring substituents is 1. The van der Waals surface area contributed by atoms with Gasteiger partial charge in [0.2, 0.25) is 0 Å². The Labute approximate surface area is 123 Å². The molecule has 0 saturated heterocycles. The number of carbonyl (C=O) groups is 1. The summed E-state index contributed by atoms with van der Waals surface area (Å²) in [6.07, 6.45) is 0. The molecule has 0 fully saturated rings. The molecule has 4 nitrogen and oxygen atoms in total. The van der Waals surface area contributed by atoms with Crippen molar-refractivity contribution in [2.75, 3.05) is 0 Å². The van der Waals surface area contributed by atoms with Gasteiger partial charge in [-0.1, -0.05) is 42.5 Å². The molecule has 0 bridgehead atoms. The number of benzene rings is 2. The van der Waals surface area contributed by atoms with Gasteiger partial charge in [-0.3, -0.25) is 14.9 Å². The van der Waals surface area contributed by atoms with E-state index in [2.05, 4.69) is 0 Å². The van der Waals surface area contributed by atoms with E-state index in [1.807, 2.05) is 6.07 Å². The maximum absolute atomic E-state index is 12.0. The zero-order chi connectivity index (χ0) is 12.3. The molecule has 0 aromatic heterocycles. The van der Waals surface area contributed by atoms with Crippen LogP contribution in [0.25, 0.3) is 0 Å². The molecule has 2 aromatic carbocycles. The Bertz CT molecular complexity index is 569. The number of nitro groups is 1. The first-order chi connectivity index (χ1) is 8.18. The molecule has 5 heteroatoms. The Hall–Kier alpha value is -1.61. The van der Waals surface area contributed by atoms with Crippen molar-refractivity contribution >= 4 is 37.7 Å². The fourth-order valence-corrected chi connectivity index (χ4v) is 1.52. The van der Waals surface area contributed by atoms with Crippen molar-refractivity contribution in [3.05, 3.63) is 75.8 Å². The molecule has 0 aliphatic rings. The predicted octanol–water partition coefficient (Wildman–Crippen LogP) is 2.45. The first-order valence-electron chi connectivity index (χ1n) is 5.02. The predicted molar refractivity (Wildman–Crippen MR) is 68.7 cm³/mol. The van der Waals surface area contributed by atoms with Crippen LogP contribution in [0, 0.1) is 10.1 Å². The van der Waals surface area contributed by atoms with Gasteiger partial charge in [0.1, 0.15) is 0 Å². The number of carbonyl (C=O) groups excluding carboxylic acids is 1. The van der Waals surface area contributed by atoms with Crippen LogP contribution in [0.4, 0.5) is 5.69 Å². The van der Waals surface area contributed by atoms with Gasteiger partial charge in [-0.2, -0.15) is 0 Å². The van der Waals surface area contributed by atoms with E-state index in [-0.39, 0.29) is 37.7 Å². The largest absolute Gasteiger partial charge is 0.289 e. The molecular weight excluding hydrogens is 427 g/mol. The van der Waals surface area contributed by atoms with Gasteiger partial charge in [0, 0.05) is 49.5 Å². The molecule has 2 aromatic rings. The van der Waals surface area contributed by atoms with Crippen LogP contribution in [0.15, 0.2) is 54.6 Å². The van der Waals surface area contributed by atoms with Crippen LogP contribution in [-0.2, 0) is 0 Å². The van der Waals surface area contributed by atoms with Crippen molar-refractivity contribution in [2.45, 2.75) is 0 Å². The molecule has 2 rings (SSSR count). The van der Waals surface area contributed by atoms with Gasteiger partial charge in [-0.05, 0) is 0 Å². The average molecular weight is 436 g/mol. The van der Waals surface area contributed by atoms with Crippen LogP contribution in [0.3, 0.4) is 0 Å². The van der Waals surface area contributed by atoms with Crippen LogP contribution in [0.1, 0.15) is 15.9 Å². The first-order valence-corrected chi connectivity index (χ1v) is 5.02. The van der Waals surface area contributed by atoms with Gasteiger partial charge in [0.05, 0.1) is 4.92 Å².